The number of aromatic nitrogens is 1. The molecule has 0 aliphatic carbocycles. The molecule has 27 heavy (non-hydrogen) atoms. The fraction of sp³-hybridized carbons (Fsp3) is 0.111. The predicted molar refractivity (Wildman–Crippen MR) is 97.2 cm³/mol. The number of benzene rings is 2. The van der Waals surface area contributed by atoms with Gasteiger partial charge in [0, 0.05) is 28.7 Å². The van der Waals surface area contributed by atoms with Crippen molar-refractivity contribution in [2.75, 3.05) is 18.5 Å². The summed E-state index contributed by atoms with van der Waals surface area (Å²) in [5, 5.41) is 16.8. The van der Waals surface area contributed by atoms with Crippen molar-refractivity contribution in [1.82, 2.24) is 10.3 Å². The van der Waals surface area contributed by atoms with Crippen molar-refractivity contribution in [3.8, 4) is 5.75 Å². The van der Waals surface area contributed by atoms with E-state index in [1.54, 1.807) is 24.3 Å². The molecule has 2 aromatic carbocycles. The normalized spacial score (nSPS) is 13.3. The lowest BCUT2D eigenvalue weighted by atomic mass is 10.1. The molecule has 9 heteroatoms. The Balaban J connectivity index is 1.60. The number of nitrogens with one attached hydrogen (secondary N) is 3. The third-order valence-corrected chi connectivity index (χ3v) is 4.19. The van der Waals surface area contributed by atoms with E-state index in [0.717, 1.165) is 0 Å². The van der Waals surface area contributed by atoms with Gasteiger partial charge in [-0.2, -0.15) is 0 Å². The van der Waals surface area contributed by atoms with Crippen LogP contribution in [0.25, 0.3) is 10.9 Å². The molecule has 9 nitrogen and oxygen atoms in total. The van der Waals surface area contributed by atoms with Crippen LogP contribution in [-0.4, -0.2) is 34.9 Å². The van der Waals surface area contributed by atoms with Crippen LogP contribution in [0.5, 0.6) is 5.75 Å². The Kier molecular flexibility index (Phi) is 3.96. The summed E-state index contributed by atoms with van der Waals surface area (Å²) in [4.78, 5) is 37.9. The largest absolute Gasteiger partial charge is 0.491 e. The van der Waals surface area contributed by atoms with Crippen molar-refractivity contribution in [3.05, 3.63) is 63.8 Å². The maximum absolute atomic E-state index is 12.5. The van der Waals surface area contributed by atoms with E-state index in [1.807, 2.05) is 0 Å². The molecule has 2 amide bonds. The number of rotatable bonds is 3. The molecular formula is C18H14N4O5. The molecule has 1 aliphatic rings. The molecule has 0 unspecified atom stereocenters. The van der Waals surface area contributed by atoms with E-state index in [9.17, 15) is 19.7 Å². The van der Waals surface area contributed by atoms with Crippen LogP contribution in [0.3, 0.4) is 0 Å². The third-order valence-electron chi connectivity index (χ3n) is 4.19. The Hall–Kier alpha value is -3.88. The Labute approximate surface area is 152 Å². The van der Waals surface area contributed by atoms with Gasteiger partial charge < -0.3 is 20.4 Å². The molecule has 0 saturated carbocycles. The van der Waals surface area contributed by atoms with Crippen LogP contribution in [0.4, 0.5) is 11.4 Å². The molecule has 3 N–H and O–H groups in total. The van der Waals surface area contributed by atoms with Crippen LogP contribution >= 0.6 is 0 Å². The number of non-ortho nitro benzene ring substituents is 1. The number of nitrogens with zero attached hydrogens (tertiary/aromatic N) is 1. The van der Waals surface area contributed by atoms with E-state index in [2.05, 4.69) is 15.6 Å². The van der Waals surface area contributed by atoms with Gasteiger partial charge in [0.05, 0.1) is 17.0 Å². The van der Waals surface area contributed by atoms with Gasteiger partial charge in [0.25, 0.3) is 17.5 Å². The summed E-state index contributed by atoms with van der Waals surface area (Å²) in [6, 6.07) is 10.7. The highest BCUT2D eigenvalue weighted by atomic mass is 16.6. The number of H-pyrrole nitrogens is 1. The number of carbonyl (C=O) groups is 2. The average Bonchev–Trinajstić information content (AvgIpc) is 3.00. The summed E-state index contributed by atoms with van der Waals surface area (Å²) in [7, 11) is 0. The first-order chi connectivity index (χ1) is 13.0. The first-order valence-electron chi connectivity index (χ1n) is 8.15. The Morgan fingerprint density at radius 2 is 2.04 bits per heavy atom. The zero-order valence-corrected chi connectivity index (χ0v) is 13.9. The number of hydrogen-bond donors (Lipinski definition) is 3. The Morgan fingerprint density at radius 1 is 1.19 bits per heavy atom. The van der Waals surface area contributed by atoms with Gasteiger partial charge in [-0.15, -0.1) is 0 Å². The average molecular weight is 366 g/mol. The fourth-order valence-corrected chi connectivity index (χ4v) is 2.89. The topological polar surface area (TPSA) is 126 Å². The van der Waals surface area contributed by atoms with E-state index in [-0.39, 0.29) is 17.3 Å². The van der Waals surface area contributed by atoms with Crippen molar-refractivity contribution < 1.29 is 19.2 Å². The van der Waals surface area contributed by atoms with Gasteiger partial charge in [0.15, 0.2) is 0 Å². The lowest BCUT2D eigenvalue weighted by molar-refractivity contribution is -0.384. The quantitative estimate of drug-likeness (QED) is 0.485. The SMILES string of the molecule is O=C(Nc1ccc2c(c1)C(=O)NCCO2)c1cc2cc([N+](=O)[O-])ccc2[nH]1. The fourth-order valence-electron chi connectivity index (χ4n) is 2.89. The highest BCUT2D eigenvalue weighted by molar-refractivity contribution is 6.07. The Bertz CT molecular complexity index is 1090. The van der Waals surface area contributed by atoms with Gasteiger partial charge in [-0.05, 0) is 30.3 Å². The molecule has 0 bridgehead atoms. The zero-order chi connectivity index (χ0) is 19.0. The molecule has 0 saturated heterocycles. The van der Waals surface area contributed by atoms with E-state index >= 15 is 0 Å². The third kappa shape index (κ3) is 3.17. The molecule has 0 radical (unpaired) electrons. The van der Waals surface area contributed by atoms with Crippen LogP contribution in [-0.2, 0) is 0 Å². The molecular weight excluding hydrogens is 352 g/mol. The number of anilines is 1. The van der Waals surface area contributed by atoms with Gasteiger partial charge >= 0.3 is 0 Å². The van der Waals surface area contributed by atoms with Crippen LogP contribution in [0.1, 0.15) is 20.8 Å². The summed E-state index contributed by atoms with van der Waals surface area (Å²) in [5.41, 5.74) is 1.59. The summed E-state index contributed by atoms with van der Waals surface area (Å²) < 4.78 is 5.48. The van der Waals surface area contributed by atoms with E-state index in [1.165, 1.54) is 18.2 Å². The van der Waals surface area contributed by atoms with Gasteiger partial charge in [-0.25, -0.2) is 0 Å². The maximum Gasteiger partial charge on any atom is 0.272 e. The standard InChI is InChI=1S/C18H14N4O5/c23-17-13-9-11(1-4-16(13)27-6-5-19-17)20-18(24)15-8-10-7-12(22(25)26)2-3-14(10)21-15/h1-4,7-9,21H,5-6H2,(H,19,23)(H,20,24). The van der Waals surface area contributed by atoms with Crippen LogP contribution < -0.4 is 15.4 Å². The number of fused-ring (bicyclic) bond motifs is 2. The van der Waals surface area contributed by atoms with Crippen molar-refractivity contribution in [1.29, 1.82) is 0 Å². The Morgan fingerprint density at radius 3 is 2.85 bits per heavy atom. The lowest BCUT2D eigenvalue weighted by Gasteiger charge is -2.09. The molecule has 4 rings (SSSR count). The molecule has 3 aromatic rings. The monoisotopic (exact) mass is 366 g/mol. The number of carbonyl (C=O) groups excluding carboxylic acids is 2. The minimum Gasteiger partial charge on any atom is -0.491 e. The molecule has 2 heterocycles. The predicted octanol–water partition coefficient (Wildman–Crippen LogP) is 2.45. The van der Waals surface area contributed by atoms with Crippen molar-refractivity contribution >= 4 is 34.1 Å². The van der Waals surface area contributed by atoms with Crippen LogP contribution in [0, 0.1) is 10.1 Å². The second-order valence-corrected chi connectivity index (χ2v) is 5.98. The molecule has 0 spiro atoms. The second-order valence-electron chi connectivity index (χ2n) is 5.98. The second kappa shape index (κ2) is 6.45. The minimum absolute atomic E-state index is 0.0507. The van der Waals surface area contributed by atoms with Gasteiger partial charge in [-0.3, -0.25) is 19.7 Å². The summed E-state index contributed by atoms with van der Waals surface area (Å²) in [6.07, 6.45) is 0. The number of ether oxygens (including phenoxy) is 1. The van der Waals surface area contributed by atoms with E-state index < -0.39 is 10.8 Å². The van der Waals surface area contributed by atoms with Crippen LogP contribution in [0.2, 0.25) is 0 Å². The summed E-state index contributed by atoms with van der Waals surface area (Å²) >= 11 is 0. The first kappa shape index (κ1) is 16.6. The molecule has 1 aliphatic heterocycles. The van der Waals surface area contributed by atoms with Crippen molar-refractivity contribution in [2.45, 2.75) is 0 Å². The van der Waals surface area contributed by atoms with Crippen molar-refractivity contribution in [2.24, 2.45) is 0 Å². The van der Waals surface area contributed by atoms with E-state index in [4.69, 9.17) is 4.74 Å². The molecule has 0 atom stereocenters. The number of aromatic amines is 1. The zero-order valence-electron chi connectivity index (χ0n) is 13.9. The molecule has 136 valence electrons. The van der Waals surface area contributed by atoms with E-state index in [0.29, 0.717) is 41.1 Å². The summed E-state index contributed by atoms with van der Waals surface area (Å²) in [5.74, 6) is -0.235. The lowest BCUT2D eigenvalue weighted by Crippen LogP contribution is -2.24. The molecule has 0 fully saturated rings. The number of amides is 2. The highest BCUT2D eigenvalue weighted by Gasteiger charge is 2.18. The van der Waals surface area contributed by atoms with Gasteiger partial charge in [-0.1, -0.05) is 0 Å². The highest BCUT2D eigenvalue weighted by Crippen LogP contribution is 2.25. The first-order valence-corrected chi connectivity index (χ1v) is 8.15. The van der Waals surface area contributed by atoms with Crippen molar-refractivity contribution in [3.63, 3.8) is 0 Å². The summed E-state index contributed by atoms with van der Waals surface area (Å²) in [6.45, 7) is 0.794. The number of nitro benzene ring substituents is 1. The van der Waals surface area contributed by atoms with Gasteiger partial charge in [0.1, 0.15) is 18.1 Å². The van der Waals surface area contributed by atoms with Gasteiger partial charge in [0.2, 0.25) is 0 Å². The number of nitro groups is 1. The maximum atomic E-state index is 12.5. The van der Waals surface area contributed by atoms with Crippen LogP contribution in [0.15, 0.2) is 42.5 Å². The smallest absolute Gasteiger partial charge is 0.272 e. The minimum atomic E-state index is -0.491. The number of hydrogen-bond acceptors (Lipinski definition) is 5. The molecule has 1 aromatic heterocycles.